The van der Waals surface area contributed by atoms with E-state index in [1.54, 1.807) is 11.0 Å². The topological polar surface area (TPSA) is 47.0 Å². The fraction of sp³-hybridized carbons (Fsp3) is 0.444. The van der Waals surface area contributed by atoms with Gasteiger partial charge < -0.3 is 19.8 Å². The molecule has 1 aliphatic carbocycles. The maximum Gasteiger partial charge on any atom is 0.321 e. The number of piperidine rings is 1. The van der Waals surface area contributed by atoms with Crippen molar-refractivity contribution in [1.82, 2.24) is 14.7 Å². The molecule has 5 nitrogen and oxygen atoms in total. The second-order valence-electron chi connectivity index (χ2n) is 9.78. The molecular formula is C27H31F2N3O2. The summed E-state index contributed by atoms with van der Waals surface area (Å²) in [4.78, 5) is 20.2. The molecule has 1 saturated heterocycles. The van der Waals surface area contributed by atoms with Gasteiger partial charge in [0, 0.05) is 24.2 Å². The van der Waals surface area contributed by atoms with Crippen molar-refractivity contribution in [2.24, 2.45) is 0 Å². The summed E-state index contributed by atoms with van der Waals surface area (Å²) in [7, 11) is 2.09. The number of halogens is 2. The quantitative estimate of drug-likeness (QED) is 0.716. The number of carbonyl (C=O) groups excluding carboxylic acids is 1. The average molecular weight is 468 g/mol. The first-order chi connectivity index (χ1) is 16.4. The third-order valence-electron chi connectivity index (χ3n) is 7.49. The number of hydrogen-bond acceptors (Lipinski definition) is 3. The molecule has 2 aromatic rings. The van der Waals surface area contributed by atoms with Gasteiger partial charge in [0.2, 0.25) is 0 Å². The van der Waals surface area contributed by atoms with Gasteiger partial charge in [0.25, 0.3) is 0 Å². The smallest absolute Gasteiger partial charge is 0.321 e. The van der Waals surface area contributed by atoms with Crippen LogP contribution in [0.25, 0.3) is 5.57 Å². The molecular weight excluding hydrogens is 436 g/mol. The molecule has 2 amide bonds. The second-order valence-corrected chi connectivity index (χ2v) is 9.78. The molecule has 1 N–H and O–H groups in total. The molecule has 0 radical (unpaired) electrons. The summed E-state index contributed by atoms with van der Waals surface area (Å²) in [6.45, 7) is 1.62. The molecule has 0 aromatic heterocycles. The molecule has 2 aliphatic heterocycles. The van der Waals surface area contributed by atoms with Crippen molar-refractivity contribution in [1.29, 1.82) is 0 Å². The molecule has 1 saturated carbocycles. The zero-order valence-corrected chi connectivity index (χ0v) is 19.5. The van der Waals surface area contributed by atoms with Crippen LogP contribution in [0.5, 0.6) is 0 Å². The minimum absolute atomic E-state index is 0.102. The van der Waals surface area contributed by atoms with E-state index < -0.39 is 17.2 Å². The van der Waals surface area contributed by atoms with Crippen LogP contribution < -0.4 is 0 Å². The summed E-state index contributed by atoms with van der Waals surface area (Å²) in [5.74, 6) is -1.08. The van der Waals surface area contributed by atoms with E-state index in [0.717, 1.165) is 62.5 Å². The number of rotatable bonds is 5. The third kappa shape index (κ3) is 4.12. The number of hydrogen-bond donors (Lipinski definition) is 1. The van der Waals surface area contributed by atoms with E-state index in [4.69, 9.17) is 0 Å². The number of aliphatic hydroxyl groups excluding tert-OH is 1. The number of aliphatic hydroxyl groups is 1. The summed E-state index contributed by atoms with van der Waals surface area (Å²) in [6, 6.07) is 12.9. The van der Waals surface area contributed by atoms with E-state index in [1.807, 2.05) is 35.2 Å². The Bertz CT molecular complexity index is 1080. The van der Waals surface area contributed by atoms with Crippen molar-refractivity contribution in [3.63, 3.8) is 0 Å². The lowest BCUT2D eigenvalue weighted by molar-refractivity contribution is 0.0595. The molecule has 34 heavy (non-hydrogen) atoms. The minimum Gasteiger partial charge on any atom is -0.393 e. The van der Waals surface area contributed by atoms with Crippen LogP contribution in [0, 0.1) is 11.6 Å². The number of nitrogens with zero attached hydrogens (tertiary/aromatic N) is 3. The fourth-order valence-electron chi connectivity index (χ4n) is 5.43. The summed E-state index contributed by atoms with van der Waals surface area (Å²) in [5.41, 5.74) is 0.228. The van der Waals surface area contributed by atoms with E-state index in [-0.39, 0.29) is 36.8 Å². The summed E-state index contributed by atoms with van der Waals surface area (Å²) in [6.07, 6.45) is 5.51. The van der Waals surface area contributed by atoms with Crippen LogP contribution in [0.2, 0.25) is 0 Å². The normalized spacial score (nSPS) is 23.8. The first-order valence-corrected chi connectivity index (χ1v) is 12.0. The Morgan fingerprint density at radius 2 is 1.74 bits per heavy atom. The van der Waals surface area contributed by atoms with Gasteiger partial charge in [-0.3, -0.25) is 0 Å². The summed E-state index contributed by atoms with van der Waals surface area (Å²) in [5, 5.41) is 10.7. The number of benzene rings is 2. The van der Waals surface area contributed by atoms with Crippen molar-refractivity contribution in [3.8, 4) is 0 Å². The lowest BCUT2D eigenvalue weighted by atomic mass is 9.89. The Labute approximate surface area is 199 Å². The van der Waals surface area contributed by atoms with Crippen LogP contribution in [0.4, 0.5) is 13.6 Å². The Morgan fingerprint density at radius 1 is 1.06 bits per heavy atom. The van der Waals surface area contributed by atoms with Gasteiger partial charge in [-0.2, -0.15) is 0 Å². The van der Waals surface area contributed by atoms with Crippen LogP contribution in [0.3, 0.4) is 0 Å². The molecule has 2 fully saturated rings. The van der Waals surface area contributed by atoms with Gasteiger partial charge in [0.05, 0.1) is 6.61 Å². The van der Waals surface area contributed by atoms with Crippen molar-refractivity contribution in [3.05, 3.63) is 77.4 Å². The first kappa shape index (κ1) is 23.0. The van der Waals surface area contributed by atoms with Gasteiger partial charge in [-0.05, 0) is 81.2 Å². The highest BCUT2D eigenvalue weighted by atomic mass is 19.1. The average Bonchev–Trinajstić information content (AvgIpc) is 3.61. The molecule has 2 aromatic carbocycles. The van der Waals surface area contributed by atoms with Gasteiger partial charge in [-0.25, -0.2) is 13.6 Å². The first-order valence-electron chi connectivity index (χ1n) is 12.0. The SMILES string of the molecule is CN1CCC(N(C(=O)N2CC(c3cc(F)ccc3F)=CC2(CO)c2ccccc2)C2CC2)CC1. The lowest BCUT2D eigenvalue weighted by Gasteiger charge is -2.44. The van der Waals surface area contributed by atoms with Gasteiger partial charge >= 0.3 is 6.03 Å². The van der Waals surface area contributed by atoms with Crippen LogP contribution >= 0.6 is 0 Å². The molecule has 1 atom stereocenters. The minimum atomic E-state index is -1.15. The predicted molar refractivity (Wildman–Crippen MR) is 127 cm³/mol. The number of urea groups is 1. The van der Waals surface area contributed by atoms with Crippen LogP contribution in [-0.4, -0.2) is 71.2 Å². The van der Waals surface area contributed by atoms with E-state index >= 15 is 0 Å². The number of carbonyl (C=O) groups is 1. The highest BCUT2D eigenvalue weighted by Gasteiger charge is 2.49. The standard InChI is InChI=1S/C27H31F2N3O2/c1-30-13-11-23(12-14-30)32(22-8-9-22)26(34)31-17-19(24-15-21(28)7-10-25(24)29)16-27(31,18-33)20-5-3-2-4-6-20/h2-7,10,15-16,22-23,33H,8-9,11-14,17-18H2,1H3. The maximum absolute atomic E-state index is 14.7. The molecule has 1 unspecified atom stereocenters. The van der Waals surface area contributed by atoms with Gasteiger partial charge in [-0.1, -0.05) is 30.3 Å². The van der Waals surface area contributed by atoms with Crippen LogP contribution in [0.1, 0.15) is 36.8 Å². The largest absolute Gasteiger partial charge is 0.393 e. The zero-order chi connectivity index (χ0) is 23.9. The molecule has 0 bridgehead atoms. The monoisotopic (exact) mass is 467 g/mol. The fourth-order valence-corrected chi connectivity index (χ4v) is 5.43. The van der Waals surface area contributed by atoms with Crippen molar-refractivity contribution in [2.45, 2.75) is 43.3 Å². The highest BCUT2D eigenvalue weighted by Crippen LogP contribution is 2.43. The van der Waals surface area contributed by atoms with E-state index in [9.17, 15) is 18.7 Å². The van der Waals surface area contributed by atoms with Crippen LogP contribution in [0.15, 0.2) is 54.6 Å². The Balaban J connectivity index is 1.56. The van der Waals surface area contributed by atoms with Crippen molar-refractivity contribution in [2.75, 3.05) is 33.3 Å². The van der Waals surface area contributed by atoms with E-state index in [0.29, 0.717) is 5.57 Å². The molecule has 7 heteroatoms. The zero-order valence-electron chi connectivity index (χ0n) is 19.5. The molecule has 5 rings (SSSR count). The van der Waals surface area contributed by atoms with E-state index in [2.05, 4.69) is 11.9 Å². The third-order valence-corrected chi connectivity index (χ3v) is 7.49. The van der Waals surface area contributed by atoms with Crippen molar-refractivity contribution >= 4 is 11.6 Å². The van der Waals surface area contributed by atoms with Gasteiger partial charge in [0.1, 0.15) is 17.2 Å². The Morgan fingerprint density at radius 3 is 2.38 bits per heavy atom. The summed E-state index contributed by atoms with van der Waals surface area (Å²) < 4.78 is 28.8. The molecule has 180 valence electrons. The lowest BCUT2D eigenvalue weighted by Crippen LogP contribution is -2.57. The Hall–Kier alpha value is -2.77. The van der Waals surface area contributed by atoms with Crippen molar-refractivity contribution < 1.29 is 18.7 Å². The van der Waals surface area contributed by atoms with Gasteiger partial charge in [0.15, 0.2) is 0 Å². The predicted octanol–water partition coefficient (Wildman–Crippen LogP) is 4.23. The van der Waals surface area contributed by atoms with E-state index in [1.165, 1.54) is 0 Å². The molecule has 3 aliphatic rings. The Kier molecular flexibility index (Phi) is 6.16. The number of likely N-dealkylation sites (tertiary alicyclic amines) is 1. The second kappa shape index (κ2) is 9.12. The summed E-state index contributed by atoms with van der Waals surface area (Å²) >= 11 is 0. The maximum atomic E-state index is 14.7. The van der Waals surface area contributed by atoms with Crippen LogP contribution in [-0.2, 0) is 5.54 Å². The number of amides is 2. The molecule has 0 spiro atoms. The van der Waals surface area contributed by atoms with Gasteiger partial charge in [-0.15, -0.1) is 0 Å². The molecule has 2 heterocycles. The highest BCUT2D eigenvalue weighted by molar-refractivity contribution is 5.84.